The van der Waals surface area contributed by atoms with Gasteiger partial charge < -0.3 is 16.0 Å². The largest absolute Gasteiger partial charge is 0.370 e. The Labute approximate surface area is 115 Å². The molecule has 19 heavy (non-hydrogen) atoms. The van der Waals surface area contributed by atoms with Crippen LogP contribution in [0.5, 0.6) is 0 Å². The minimum absolute atomic E-state index is 0.00744. The first-order valence-corrected chi connectivity index (χ1v) is 7.07. The van der Waals surface area contributed by atoms with E-state index in [1.165, 1.54) is 19.3 Å². The van der Waals surface area contributed by atoms with E-state index >= 15 is 0 Å². The number of hydrogen-bond acceptors (Lipinski definition) is 3. The van der Waals surface area contributed by atoms with Gasteiger partial charge in [0.05, 0.1) is 11.4 Å². The van der Waals surface area contributed by atoms with Gasteiger partial charge in [0.15, 0.2) is 0 Å². The summed E-state index contributed by atoms with van der Waals surface area (Å²) in [5.74, 6) is -0.165. The maximum Gasteiger partial charge on any atom is 0.228 e. The smallest absolute Gasteiger partial charge is 0.228 e. The lowest BCUT2D eigenvalue weighted by Gasteiger charge is -2.30. The Hall–Kier alpha value is -1.55. The van der Waals surface area contributed by atoms with Crippen LogP contribution in [0.1, 0.15) is 26.2 Å². The highest BCUT2D eigenvalue weighted by Crippen LogP contribution is 2.28. The molecule has 4 heteroatoms. The van der Waals surface area contributed by atoms with Crippen LogP contribution in [-0.4, -0.2) is 25.5 Å². The van der Waals surface area contributed by atoms with Gasteiger partial charge in [0.25, 0.3) is 0 Å². The van der Waals surface area contributed by atoms with Gasteiger partial charge in [-0.25, -0.2) is 0 Å². The van der Waals surface area contributed by atoms with E-state index in [2.05, 4.69) is 16.3 Å². The topological polar surface area (TPSA) is 58.4 Å². The molecule has 104 valence electrons. The van der Waals surface area contributed by atoms with Gasteiger partial charge in [-0.15, -0.1) is 0 Å². The van der Waals surface area contributed by atoms with Gasteiger partial charge in [0, 0.05) is 25.6 Å². The van der Waals surface area contributed by atoms with E-state index in [1.807, 2.05) is 25.1 Å². The summed E-state index contributed by atoms with van der Waals surface area (Å²) in [6.07, 6.45) is 3.75. The molecule has 1 aromatic carbocycles. The summed E-state index contributed by atoms with van der Waals surface area (Å²) in [7, 11) is 0. The average Bonchev–Trinajstić information content (AvgIpc) is 2.47. The number of carbonyl (C=O) groups excluding carboxylic acids is 1. The molecular formula is C15H23N3O. The molecule has 0 spiro atoms. The van der Waals surface area contributed by atoms with Crippen LogP contribution in [-0.2, 0) is 4.79 Å². The third kappa shape index (κ3) is 3.47. The summed E-state index contributed by atoms with van der Waals surface area (Å²) in [5, 5.41) is 3.00. The first-order chi connectivity index (χ1) is 9.22. The van der Waals surface area contributed by atoms with Crippen LogP contribution in [0.4, 0.5) is 11.4 Å². The van der Waals surface area contributed by atoms with Crippen LogP contribution in [0.3, 0.4) is 0 Å². The highest BCUT2D eigenvalue weighted by molar-refractivity contribution is 5.95. The molecule has 4 nitrogen and oxygen atoms in total. The molecule has 1 amide bonds. The van der Waals surface area contributed by atoms with E-state index in [-0.39, 0.29) is 11.8 Å². The van der Waals surface area contributed by atoms with E-state index in [4.69, 9.17) is 5.73 Å². The minimum Gasteiger partial charge on any atom is -0.370 e. The van der Waals surface area contributed by atoms with Crippen LogP contribution >= 0.6 is 0 Å². The second-order valence-electron chi connectivity index (χ2n) is 5.19. The SMILES string of the molecule is CC(CN)C(=O)Nc1ccccc1N1CCCCC1. The first-order valence-electron chi connectivity index (χ1n) is 7.07. The summed E-state index contributed by atoms with van der Waals surface area (Å²) in [6.45, 7) is 4.36. The van der Waals surface area contributed by atoms with Crippen LogP contribution in [0.25, 0.3) is 0 Å². The standard InChI is InChI=1S/C15H23N3O/c1-12(11-16)15(19)17-13-7-3-4-8-14(13)18-9-5-2-6-10-18/h3-4,7-8,12H,2,5-6,9-11,16H2,1H3,(H,17,19). The van der Waals surface area contributed by atoms with Gasteiger partial charge in [-0.2, -0.15) is 0 Å². The normalized spacial score (nSPS) is 17.1. The van der Waals surface area contributed by atoms with Crippen molar-refractivity contribution in [1.29, 1.82) is 0 Å². The molecule has 0 aromatic heterocycles. The molecule has 1 atom stereocenters. The Balaban J connectivity index is 2.13. The molecule has 1 heterocycles. The van der Waals surface area contributed by atoms with Crippen molar-refractivity contribution < 1.29 is 4.79 Å². The predicted octanol–water partition coefficient (Wildman–Crippen LogP) is 2.21. The molecule has 1 saturated heterocycles. The molecule has 3 N–H and O–H groups in total. The molecule has 1 aliphatic heterocycles. The molecule has 1 unspecified atom stereocenters. The highest BCUT2D eigenvalue weighted by Gasteiger charge is 2.17. The van der Waals surface area contributed by atoms with E-state index in [9.17, 15) is 4.79 Å². The summed E-state index contributed by atoms with van der Waals surface area (Å²) in [4.78, 5) is 14.3. The molecule has 0 bridgehead atoms. The third-order valence-electron chi connectivity index (χ3n) is 3.66. The Kier molecular flexibility index (Phi) is 4.80. The summed E-state index contributed by atoms with van der Waals surface area (Å²) >= 11 is 0. The summed E-state index contributed by atoms with van der Waals surface area (Å²) < 4.78 is 0. The van der Waals surface area contributed by atoms with Gasteiger partial charge in [0.1, 0.15) is 0 Å². The number of nitrogens with one attached hydrogen (secondary N) is 1. The van der Waals surface area contributed by atoms with E-state index in [1.54, 1.807) is 0 Å². The van der Waals surface area contributed by atoms with E-state index in [0.717, 1.165) is 24.5 Å². The number of nitrogens with zero attached hydrogens (tertiary/aromatic N) is 1. The first kappa shape index (κ1) is 13.9. The van der Waals surface area contributed by atoms with Crippen molar-refractivity contribution in [2.45, 2.75) is 26.2 Å². The molecule has 0 radical (unpaired) electrons. The van der Waals surface area contributed by atoms with Crippen molar-refractivity contribution in [3.63, 3.8) is 0 Å². The van der Waals surface area contributed by atoms with Gasteiger partial charge in [-0.05, 0) is 31.4 Å². The average molecular weight is 261 g/mol. The molecule has 0 saturated carbocycles. The van der Waals surface area contributed by atoms with Crippen LogP contribution < -0.4 is 16.0 Å². The number of hydrogen-bond donors (Lipinski definition) is 2. The van der Waals surface area contributed by atoms with Crippen molar-refractivity contribution in [2.24, 2.45) is 11.7 Å². The minimum atomic E-state index is -0.158. The lowest BCUT2D eigenvalue weighted by Crippen LogP contribution is -2.31. The second kappa shape index (κ2) is 6.57. The van der Waals surface area contributed by atoms with Crippen molar-refractivity contribution in [2.75, 3.05) is 29.9 Å². The molecule has 1 fully saturated rings. The van der Waals surface area contributed by atoms with Crippen LogP contribution in [0.15, 0.2) is 24.3 Å². The Morgan fingerprint density at radius 1 is 1.32 bits per heavy atom. The quantitative estimate of drug-likeness (QED) is 0.873. The van der Waals surface area contributed by atoms with Crippen molar-refractivity contribution in [3.8, 4) is 0 Å². The Morgan fingerprint density at radius 3 is 2.68 bits per heavy atom. The summed E-state index contributed by atoms with van der Waals surface area (Å²) in [5.41, 5.74) is 7.56. The van der Waals surface area contributed by atoms with Gasteiger partial charge >= 0.3 is 0 Å². The van der Waals surface area contributed by atoms with E-state index in [0.29, 0.717) is 6.54 Å². The monoisotopic (exact) mass is 261 g/mol. The summed E-state index contributed by atoms with van der Waals surface area (Å²) in [6, 6.07) is 8.02. The number of rotatable bonds is 4. The number of benzene rings is 1. The molecular weight excluding hydrogens is 238 g/mol. The Bertz CT molecular complexity index is 427. The van der Waals surface area contributed by atoms with Gasteiger partial charge in [0.2, 0.25) is 5.91 Å². The number of nitrogens with two attached hydrogens (primary N) is 1. The lowest BCUT2D eigenvalue weighted by atomic mass is 10.1. The fourth-order valence-electron chi connectivity index (χ4n) is 2.35. The Morgan fingerprint density at radius 2 is 2.00 bits per heavy atom. The van der Waals surface area contributed by atoms with Crippen molar-refractivity contribution >= 4 is 17.3 Å². The maximum absolute atomic E-state index is 12.0. The molecule has 0 aliphatic carbocycles. The van der Waals surface area contributed by atoms with Crippen molar-refractivity contribution in [3.05, 3.63) is 24.3 Å². The van der Waals surface area contributed by atoms with Crippen LogP contribution in [0.2, 0.25) is 0 Å². The highest BCUT2D eigenvalue weighted by atomic mass is 16.1. The number of anilines is 2. The fraction of sp³-hybridized carbons (Fsp3) is 0.533. The number of para-hydroxylation sites is 2. The molecule has 1 aliphatic rings. The fourth-order valence-corrected chi connectivity index (χ4v) is 2.35. The number of carbonyl (C=O) groups is 1. The van der Waals surface area contributed by atoms with E-state index < -0.39 is 0 Å². The lowest BCUT2D eigenvalue weighted by molar-refractivity contribution is -0.119. The molecule has 2 rings (SSSR count). The zero-order valence-corrected chi connectivity index (χ0v) is 11.6. The van der Waals surface area contributed by atoms with Crippen molar-refractivity contribution in [1.82, 2.24) is 0 Å². The maximum atomic E-state index is 12.0. The zero-order chi connectivity index (χ0) is 13.7. The zero-order valence-electron chi connectivity index (χ0n) is 11.6. The third-order valence-corrected chi connectivity index (χ3v) is 3.66. The predicted molar refractivity (Wildman–Crippen MR) is 79.4 cm³/mol. The van der Waals surface area contributed by atoms with Crippen LogP contribution in [0, 0.1) is 5.92 Å². The van der Waals surface area contributed by atoms with Gasteiger partial charge in [-0.1, -0.05) is 19.1 Å². The molecule has 1 aromatic rings. The number of piperidine rings is 1. The second-order valence-corrected chi connectivity index (χ2v) is 5.19. The number of amides is 1. The van der Waals surface area contributed by atoms with Gasteiger partial charge in [-0.3, -0.25) is 4.79 Å².